The van der Waals surface area contributed by atoms with Crippen LogP contribution < -0.4 is 0 Å². The topological polar surface area (TPSA) is 15.8 Å². The summed E-state index contributed by atoms with van der Waals surface area (Å²) in [4.78, 5) is 3.46. The van der Waals surface area contributed by atoms with E-state index in [2.05, 4.69) is 50.1 Å². The van der Waals surface area contributed by atoms with Crippen molar-refractivity contribution in [1.29, 1.82) is 0 Å². The summed E-state index contributed by atoms with van der Waals surface area (Å²) in [6.07, 6.45) is 9.85. The Morgan fingerprint density at radius 1 is 1.50 bits per heavy atom. The van der Waals surface area contributed by atoms with Gasteiger partial charge >= 0.3 is 0 Å². The van der Waals surface area contributed by atoms with Gasteiger partial charge in [-0.3, -0.25) is 0 Å². The number of hydrogen-bond donors (Lipinski definition) is 1. The van der Waals surface area contributed by atoms with Crippen LogP contribution in [-0.2, 0) is 0 Å². The lowest BCUT2D eigenvalue weighted by Gasteiger charge is -2.14. The van der Waals surface area contributed by atoms with Crippen molar-refractivity contribution in [2.75, 3.05) is 0 Å². The summed E-state index contributed by atoms with van der Waals surface area (Å²) < 4.78 is 0. The molecule has 1 heteroatoms. The lowest BCUT2D eigenvalue weighted by molar-refractivity contribution is 0.767. The van der Waals surface area contributed by atoms with Gasteiger partial charge in [0.1, 0.15) is 0 Å². The van der Waals surface area contributed by atoms with Crippen molar-refractivity contribution < 1.29 is 0 Å². The summed E-state index contributed by atoms with van der Waals surface area (Å²) in [6, 6.07) is 0. The van der Waals surface area contributed by atoms with Gasteiger partial charge in [0.2, 0.25) is 0 Å². The summed E-state index contributed by atoms with van der Waals surface area (Å²) >= 11 is 0. The smallest absolute Gasteiger partial charge is 0.0419 e. The van der Waals surface area contributed by atoms with E-state index in [9.17, 15) is 0 Å². The van der Waals surface area contributed by atoms with Gasteiger partial charge in [0.25, 0.3) is 0 Å². The van der Waals surface area contributed by atoms with E-state index in [0.29, 0.717) is 5.92 Å². The Labute approximate surface area is 85.5 Å². The van der Waals surface area contributed by atoms with Crippen LogP contribution >= 0.6 is 0 Å². The molecule has 1 aromatic heterocycles. The van der Waals surface area contributed by atoms with Crippen LogP contribution in [0.1, 0.15) is 48.7 Å². The Balaban J connectivity index is 2.55. The van der Waals surface area contributed by atoms with Crippen LogP contribution in [0.25, 0.3) is 12.2 Å². The molecule has 0 fully saturated rings. The molecule has 0 amide bonds. The molecule has 1 heterocycles. The van der Waals surface area contributed by atoms with Crippen molar-refractivity contribution in [3.63, 3.8) is 0 Å². The van der Waals surface area contributed by atoms with Crippen LogP contribution in [0.4, 0.5) is 0 Å². The molecule has 1 aliphatic rings. The minimum Gasteiger partial charge on any atom is -0.355 e. The van der Waals surface area contributed by atoms with Crippen LogP contribution in [-0.4, -0.2) is 4.98 Å². The average molecular weight is 187 g/mol. The molecule has 1 aliphatic carbocycles. The molecule has 1 aromatic rings. The molecule has 0 spiro atoms. The van der Waals surface area contributed by atoms with Crippen molar-refractivity contribution in [3.8, 4) is 0 Å². The zero-order chi connectivity index (χ0) is 10.1. The molecule has 0 saturated carbocycles. The third-order valence-electron chi connectivity index (χ3n) is 2.97. The molecular formula is C13H17N. The van der Waals surface area contributed by atoms with Gasteiger partial charge in [0.15, 0.2) is 0 Å². The summed E-state index contributed by atoms with van der Waals surface area (Å²) in [5, 5.41) is 0. The summed E-state index contributed by atoms with van der Waals surface area (Å²) in [5.41, 5.74) is 5.47. The van der Waals surface area contributed by atoms with E-state index < -0.39 is 0 Å². The fraction of sp³-hybridized carbons (Fsp3) is 0.385. The van der Waals surface area contributed by atoms with Crippen LogP contribution in [0.15, 0.2) is 12.2 Å². The van der Waals surface area contributed by atoms with Crippen molar-refractivity contribution in [1.82, 2.24) is 4.98 Å². The van der Waals surface area contributed by atoms with Crippen molar-refractivity contribution in [3.05, 3.63) is 34.7 Å². The van der Waals surface area contributed by atoms with Crippen LogP contribution in [0, 0.1) is 6.92 Å². The van der Waals surface area contributed by atoms with Gasteiger partial charge in [-0.25, -0.2) is 0 Å². The van der Waals surface area contributed by atoms with E-state index in [1.807, 2.05) is 0 Å². The molecule has 0 aromatic carbocycles. The second-order valence-electron chi connectivity index (χ2n) is 4.03. The van der Waals surface area contributed by atoms with Gasteiger partial charge in [0, 0.05) is 11.4 Å². The first-order valence-electron chi connectivity index (χ1n) is 5.25. The monoisotopic (exact) mass is 187 g/mol. The first-order chi connectivity index (χ1) is 6.74. The van der Waals surface area contributed by atoms with E-state index in [1.54, 1.807) is 0 Å². The van der Waals surface area contributed by atoms with E-state index in [-0.39, 0.29) is 0 Å². The number of aromatic nitrogens is 1. The SMILES string of the molecule is C/C=C\c1[nH]c2c(c1C)C(C)CC=C2. The standard InChI is InChI=1S/C13H17N/c1-4-6-11-10(3)13-9(2)7-5-8-12(13)14-11/h4-6,8-9,14H,7H2,1-3H3/b6-4-. The largest absolute Gasteiger partial charge is 0.355 e. The third-order valence-corrected chi connectivity index (χ3v) is 2.97. The van der Waals surface area contributed by atoms with Crippen molar-refractivity contribution in [2.45, 2.75) is 33.1 Å². The first kappa shape index (κ1) is 9.32. The number of H-pyrrole nitrogens is 1. The number of hydrogen-bond acceptors (Lipinski definition) is 0. The van der Waals surface area contributed by atoms with E-state index in [1.165, 1.54) is 28.9 Å². The summed E-state index contributed by atoms with van der Waals surface area (Å²) in [7, 11) is 0. The number of allylic oxidation sites excluding steroid dienone is 2. The Morgan fingerprint density at radius 2 is 2.29 bits per heavy atom. The molecule has 1 atom stereocenters. The molecule has 0 bridgehead atoms. The fourth-order valence-electron chi connectivity index (χ4n) is 2.26. The minimum absolute atomic E-state index is 0.658. The average Bonchev–Trinajstić information content (AvgIpc) is 2.46. The molecule has 0 radical (unpaired) electrons. The summed E-state index contributed by atoms with van der Waals surface area (Å²) in [5.74, 6) is 0.658. The van der Waals surface area contributed by atoms with E-state index in [4.69, 9.17) is 0 Å². The molecule has 0 saturated heterocycles. The molecule has 1 nitrogen and oxygen atoms in total. The third kappa shape index (κ3) is 1.33. The van der Waals surface area contributed by atoms with Gasteiger partial charge in [-0.15, -0.1) is 0 Å². The zero-order valence-electron chi connectivity index (χ0n) is 9.09. The Morgan fingerprint density at radius 3 is 2.93 bits per heavy atom. The summed E-state index contributed by atoms with van der Waals surface area (Å²) in [6.45, 7) is 6.56. The van der Waals surface area contributed by atoms with Crippen LogP contribution in [0.5, 0.6) is 0 Å². The molecule has 74 valence electrons. The van der Waals surface area contributed by atoms with Gasteiger partial charge in [-0.2, -0.15) is 0 Å². The highest BCUT2D eigenvalue weighted by Crippen LogP contribution is 2.33. The highest BCUT2D eigenvalue weighted by Gasteiger charge is 2.18. The number of rotatable bonds is 1. The maximum atomic E-state index is 3.46. The molecule has 1 N–H and O–H groups in total. The second kappa shape index (κ2) is 3.49. The Bertz CT molecular complexity index is 394. The number of fused-ring (bicyclic) bond motifs is 1. The molecule has 0 aliphatic heterocycles. The predicted molar refractivity (Wildman–Crippen MR) is 62.3 cm³/mol. The van der Waals surface area contributed by atoms with E-state index in [0.717, 1.165) is 0 Å². The number of nitrogens with one attached hydrogen (secondary N) is 1. The van der Waals surface area contributed by atoms with Gasteiger partial charge in [-0.05, 0) is 49.5 Å². The highest BCUT2D eigenvalue weighted by molar-refractivity contribution is 5.64. The van der Waals surface area contributed by atoms with Gasteiger partial charge in [0.05, 0.1) is 0 Å². The van der Waals surface area contributed by atoms with Crippen LogP contribution in [0.2, 0.25) is 0 Å². The number of aromatic amines is 1. The highest BCUT2D eigenvalue weighted by atomic mass is 14.7. The van der Waals surface area contributed by atoms with Crippen molar-refractivity contribution in [2.24, 2.45) is 0 Å². The van der Waals surface area contributed by atoms with Crippen LogP contribution in [0.3, 0.4) is 0 Å². The van der Waals surface area contributed by atoms with Gasteiger partial charge < -0.3 is 4.98 Å². The Hall–Kier alpha value is -1.24. The molecule has 14 heavy (non-hydrogen) atoms. The Kier molecular flexibility index (Phi) is 2.32. The zero-order valence-corrected chi connectivity index (χ0v) is 9.09. The fourth-order valence-corrected chi connectivity index (χ4v) is 2.26. The minimum atomic E-state index is 0.658. The lowest BCUT2D eigenvalue weighted by Crippen LogP contribution is -1.98. The quantitative estimate of drug-likeness (QED) is 0.686. The molecule has 2 rings (SSSR count). The predicted octanol–water partition coefficient (Wildman–Crippen LogP) is 3.88. The molecular weight excluding hydrogens is 170 g/mol. The van der Waals surface area contributed by atoms with Gasteiger partial charge in [-0.1, -0.05) is 19.1 Å². The normalized spacial score (nSPS) is 20.4. The molecule has 1 unspecified atom stereocenters. The van der Waals surface area contributed by atoms with E-state index >= 15 is 0 Å². The first-order valence-corrected chi connectivity index (χ1v) is 5.25. The lowest BCUT2D eigenvalue weighted by atomic mass is 9.90. The maximum absolute atomic E-state index is 3.46. The van der Waals surface area contributed by atoms with Crippen molar-refractivity contribution >= 4 is 12.2 Å². The maximum Gasteiger partial charge on any atom is 0.0419 e. The second-order valence-corrected chi connectivity index (χ2v) is 4.03.